The molecule has 0 amide bonds. The second-order valence-electron chi connectivity index (χ2n) is 4.73. The topological polar surface area (TPSA) is 39.2 Å². The first-order valence-corrected chi connectivity index (χ1v) is 7.32. The number of halogens is 1. The Hall–Kier alpha value is -1.98. The summed E-state index contributed by atoms with van der Waals surface area (Å²) in [6.07, 6.45) is 0. The van der Waals surface area contributed by atoms with Crippen LogP contribution >= 0.6 is 23.8 Å². The van der Waals surface area contributed by atoms with E-state index in [2.05, 4.69) is 4.98 Å². The number of fused-ring (bicyclic) bond motifs is 2. The smallest absolute Gasteiger partial charge is 0.182 e. The van der Waals surface area contributed by atoms with Crippen LogP contribution < -0.4 is 9.47 Å². The Kier molecular flexibility index (Phi) is 2.90. The molecule has 0 aliphatic carbocycles. The maximum absolute atomic E-state index is 6.33. The van der Waals surface area contributed by atoms with E-state index in [0.29, 0.717) is 23.0 Å². The van der Waals surface area contributed by atoms with Crippen LogP contribution in [-0.4, -0.2) is 22.8 Å². The van der Waals surface area contributed by atoms with Gasteiger partial charge in [0.1, 0.15) is 13.2 Å². The van der Waals surface area contributed by atoms with Crippen molar-refractivity contribution in [2.75, 3.05) is 13.2 Å². The molecule has 0 spiro atoms. The molecule has 1 aliphatic rings. The lowest BCUT2D eigenvalue weighted by Gasteiger charge is -2.19. The summed E-state index contributed by atoms with van der Waals surface area (Å²) in [5, 5.41) is 0.648. The van der Waals surface area contributed by atoms with E-state index in [1.807, 2.05) is 41.0 Å². The highest BCUT2D eigenvalue weighted by Gasteiger charge is 2.15. The molecule has 0 unspecified atom stereocenters. The Morgan fingerprint density at radius 3 is 2.76 bits per heavy atom. The highest BCUT2D eigenvalue weighted by atomic mass is 35.5. The van der Waals surface area contributed by atoms with E-state index < -0.39 is 0 Å². The number of aromatic amines is 1. The molecule has 6 heteroatoms. The predicted octanol–water partition coefficient (Wildman–Crippen LogP) is 4.11. The Labute approximate surface area is 130 Å². The van der Waals surface area contributed by atoms with Gasteiger partial charge in [0, 0.05) is 6.07 Å². The first kappa shape index (κ1) is 12.7. The van der Waals surface area contributed by atoms with Crippen LogP contribution in [0, 0.1) is 4.77 Å². The van der Waals surface area contributed by atoms with Gasteiger partial charge in [-0.2, -0.15) is 0 Å². The lowest BCUT2D eigenvalue weighted by atomic mass is 10.2. The third-order valence-corrected chi connectivity index (χ3v) is 4.03. The van der Waals surface area contributed by atoms with Crippen molar-refractivity contribution in [2.45, 2.75) is 0 Å². The highest BCUT2D eigenvalue weighted by molar-refractivity contribution is 7.71. The van der Waals surface area contributed by atoms with E-state index in [0.717, 1.165) is 28.2 Å². The van der Waals surface area contributed by atoms with Crippen LogP contribution in [0.25, 0.3) is 16.7 Å². The van der Waals surface area contributed by atoms with Crippen LogP contribution in [-0.2, 0) is 0 Å². The number of hydrogen-bond acceptors (Lipinski definition) is 3. The zero-order chi connectivity index (χ0) is 14.4. The van der Waals surface area contributed by atoms with Gasteiger partial charge in [-0.3, -0.25) is 4.57 Å². The maximum Gasteiger partial charge on any atom is 0.182 e. The van der Waals surface area contributed by atoms with E-state index in [-0.39, 0.29) is 0 Å². The Morgan fingerprint density at radius 1 is 1.10 bits per heavy atom. The normalized spacial score (nSPS) is 13.6. The summed E-state index contributed by atoms with van der Waals surface area (Å²) in [6, 6.07) is 11.4. The van der Waals surface area contributed by atoms with E-state index in [9.17, 15) is 0 Å². The number of nitrogens with one attached hydrogen (secondary N) is 1. The summed E-state index contributed by atoms with van der Waals surface area (Å²) in [6.45, 7) is 1.13. The number of nitrogens with zero attached hydrogens (tertiary/aromatic N) is 1. The van der Waals surface area contributed by atoms with Crippen molar-refractivity contribution in [3.63, 3.8) is 0 Å². The molecule has 0 radical (unpaired) electrons. The number of aromatic nitrogens is 2. The van der Waals surface area contributed by atoms with Crippen molar-refractivity contribution < 1.29 is 9.47 Å². The number of imidazole rings is 1. The second kappa shape index (κ2) is 4.79. The Bertz CT molecular complexity index is 900. The number of rotatable bonds is 1. The molecule has 0 saturated heterocycles. The molecule has 1 aromatic heterocycles. The lowest BCUT2D eigenvalue weighted by molar-refractivity contribution is 0.171. The van der Waals surface area contributed by atoms with Gasteiger partial charge in [-0.25, -0.2) is 0 Å². The summed E-state index contributed by atoms with van der Waals surface area (Å²) < 4.78 is 13.7. The molecule has 4 rings (SSSR count). The molecule has 3 aromatic rings. The van der Waals surface area contributed by atoms with E-state index in [4.69, 9.17) is 33.3 Å². The van der Waals surface area contributed by atoms with Crippen molar-refractivity contribution in [2.24, 2.45) is 0 Å². The molecule has 21 heavy (non-hydrogen) atoms. The zero-order valence-corrected chi connectivity index (χ0v) is 12.5. The fraction of sp³-hybridized carbons (Fsp3) is 0.133. The zero-order valence-electron chi connectivity index (χ0n) is 10.9. The van der Waals surface area contributed by atoms with Crippen LogP contribution in [0.1, 0.15) is 0 Å². The van der Waals surface area contributed by atoms with Gasteiger partial charge in [-0.15, -0.1) is 0 Å². The minimum absolute atomic E-state index is 0.552. The van der Waals surface area contributed by atoms with Gasteiger partial charge in [0.15, 0.2) is 16.3 Å². The first-order valence-electron chi connectivity index (χ1n) is 6.53. The molecule has 2 heterocycles. The third-order valence-electron chi connectivity index (χ3n) is 3.44. The first-order chi connectivity index (χ1) is 10.2. The van der Waals surface area contributed by atoms with Gasteiger partial charge in [-0.1, -0.05) is 17.7 Å². The SMILES string of the molecule is S=c1[nH]c2cccc(Cl)c2n1-c1ccc2c(c1)OCCO2. The minimum atomic E-state index is 0.552. The second-order valence-corrected chi connectivity index (χ2v) is 5.52. The van der Waals surface area contributed by atoms with Gasteiger partial charge in [0.25, 0.3) is 0 Å². The molecule has 106 valence electrons. The molecule has 0 bridgehead atoms. The molecule has 2 aromatic carbocycles. The van der Waals surface area contributed by atoms with E-state index in [1.54, 1.807) is 0 Å². The number of hydrogen-bond donors (Lipinski definition) is 1. The summed E-state index contributed by atoms with van der Waals surface area (Å²) in [4.78, 5) is 3.17. The van der Waals surface area contributed by atoms with E-state index >= 15 is 0 Å². The molecule has 1 aliphatic heterocycles. The summed E-state index contributed by atoms with van der Waals surface area (Å²) in [5.41, 5.74) is 2.66. The molecular formula is C15H11ClN2O2S. The fourth-order valence-electron chi connectivity index (χ4n) is 2.53. The number of ether oxygens (including phenoxy) is 2. The molecular weight excluding hydrogens is 308 g/mol. The maximum atomic E-state index is 6.33. The standard InChI is InChI=1S/C15H11ClN2O2S/c16-10-2-1-3-11-14(10)18(15(21)17-11)9-4-5-12-13(8-9)20-7-6-19-12/h1-5,8H,6-7H2,(H,17,21). The Balaban J connectivity index is 1.98. The van der Waals surface area contributed by atoms with Gasteiger partial charge >= 0.3 is 0 Å². The van der Waals surface area contributed by atoms with Gasteiger partial charge in [0.2, 0.25) is 0 Å². The van der Waals surface area contributed by atoms with Crippen molar-refractivity contribution in [3.05, 3.63) is 46.2 Å². The van der Waals surface area contributed by atoms with Crippen LogP contribution in [0.2, 0.25) is 5.02 Å². The number of benzene rings is 2. The van der Waals surface area contributed by atoms with E-state index in [1.165, 1.54) is 0 Å². The largest absolute Gasteiger partial charge is 0.486 e. The van der Waals surface area contributed by atoms with Crippen LogP contribution in [0.4, 0.5) is 0 Å². The van der Waals surface area contributed by atoms with Crippen LogP contribution in [0.3, 0.4) is 0 Å². The highest BCUT2D eigenvalue weighted by Crippen LogP contribution is 2.34. The molecule has 0 fully saturated rings. The monoisotopic (exact) mass is 318 g/mol. The van der Waals surface area contributed by atoms with Gasteiger partial charge in [-0.05, 0) is 36.5 Å². The third kappa shape index (κ3) is 2.01. The van der Waals surface area contributed by atoms with Gasteiger partial charge < -0.3 is 14.5 Å². The van der Waals surface area contributed by atoms with Crippen molar-refractivity contribution in [1.29, 1.82) is 0 Å². The molecule has 4 nitrogen and oxygen atoms in total. The average Bonchev–Trinajstić information content (AvgIpc) is 2.84. The van der Waals surface area contributed by atoms with Crippen molar-refractivity contribution in [1.82, 2.24) is 9.55 Å². The summed E-state index contributed by atoms with van der Waals surface area (Å²) in [7, 11) is 0. The predicted molar refractivity (Wildman–Crippen MR) is 84.5 cm³/mol. The van der Waals surface area contributed by atoms with Crippen LogP contribution in [0.5, 0.6) is 11.5 Å². The molecule has 1 N–H and O–H groups in total. The molecule has 0 atom stereocenters. The minimum Gasteiger partial charge on any atom is -0.486 e. The lowest BCUT2D eigenvalue weighted by Crippen LogP contribution is -2.15. The van der Waals surface area contributed by atoms with Crippen molar-refractivity contribution in [3.8, 4) is 17.2 Å². The number of H-pyrrole nitrogens is 1. The average molecular weight is 319 g/mol. The Morgan fingerprint density at radius 2 is 1.90 bits per heavy atom. The fourth-order valence-corrected chi connectivity index (χ4v) is 3.10. The van der Waals surface area contributed by atoms with Crippen LogP contribution in [0.15, 0.2) is 36.4 Å². The number of para-hydroxylation sites is 1. The summed E-state index contributed by atoms with van der Waals surface area (Å²) >= 11 is 11.8. The van der Waals surface area contributed by atoms with Gasteiger partial charge in [0.05, 0.1) is 21.7 Å². The quantitative estimate of drug-likeness (QED) is 0.686. The summed E-state index contributed by atoms with van der Waals surface area (Å²) in [5.74, 6) is 1.48. The van der Waals surface area contributed by atoms with Crippen molar-refractivity contribution >= 4 is 34.9 Å². The molecule has 0 saturated carbocycles.